The molecule has 0 fully saturated rings. The first-order chi connectivity index (χ1) is 7.81. The summed E-state index contributed by atoms with van der Waals surface area (Å²) in [6, 6.07) is 3.84. The average molecular weight is 217 g/mol. The van der Waals surface area contributed by atoms with Crippen LogP contribution in [0, 0.1) is 0 Å². The summed E-state index contributed by atoms with van der Waals surface area (Å²) in [6.45, 7) is 3.45. The Morgan fingerprint density at radius 2 is 1.88 bits per heavy atom. The third kappa shape index (κ3) is 2.21. The van der Waals surface area contributed by atoms with Crippen LogP contribution in [0.5, 0.6) is 0 Å². The highest BCUT2D eigenvalue weighted by Gasteiger charge is 2.02. The van der Waals surface area contributed by atoms with Crippen molar-refractivity contribution in [2.45, 2.75) is 26.4 Å². The van der Waals surface area contributed by atoms with E-state index < -0.39 is 0 Å². The van der Waals surface area contributed by atoms with E-state index in [1.54, 1.807) is 21.5 Å². The van der Waals surface area contributed by atoms with Gasteiger partial charge < -0.3 is 0 Å². The molecule has 2 aromatic heterocycles. The molecule has 0 radical (unpaired) electrons. The first-order valence-corrected chi connectivity index (χ1v) is 5.45. The Kier molecular flexibility index (Phi) is 3.19. The average Bonchev–Trinajstić information content (AvgIpc) is 2.64. The zero-order chi connectivity index (χ0) is 11.4. The zero-order valence-electron chi connectivity index (χ0n) is 9.34. The molecule has 2 aromatic rings. The van der Waals surface area contributed by atoms with Gasteiger partial charge in [0.1, 0.15) is 0 Å². The molecular weight excluding hydrogens is 202 g/mol. The van der Waals surface area contributed by atoms with Gasteiger partial charge in [0.2, 0.25) is 0 Å². The molecular formula is C12H15N3O. The Balaban J connectivity index is 2.20. The minimum atomic E-state index is 0.0543. The first-order valence-electron chi connectivity index (χ1n) is 5.45. The number of imidazole rings is 1. The normalized spacial score (nSPS) is 10.6. The van der Waals surface area contributed by atoms with E-state index in [4.69, 9.17) is 0 Å². The smallest absolute Gasteiger partial charge is 0.299 e. The summed E-state index contributed by atoms with van der Waals surface area (Å²) in [5.74, 6) is 0. The van der Waals surface area contributed by atoms with Crippen molar-refractivity contribution in [1.29, 1.82) is 0 Å². The van der Waals surface area contributed by atoms with Gasteiger partial charge >= 0.3 is 5.69 Å². The lowest BCUT2D eigenvalue weighted by atomic mass is 10.3. The van der Waals surface area contributed by atoms with E-state index in [-0.39, 0.29) is 5.69 Å². The van der Waals surface area contributed by atoms with Crippen LogP contribution in [0.3, 0.4) is 0 Å². The van der Waals surface area contributed by atoms with Gasteiger partial charge in [-0.05, 0) is 24.1 Å². The minimum absolute atomic E-state index is 0.0543. The van der Waals surface area contributed by atoms with Crippen molar-refractivity contribution in [3.63, 3.8) is 0 Å². The molecule has 0 atom stereocenters. The van der Waals surface area contributed by atoms with Crippen molar-refractivity contribution < 1.29 is 0 Å². The maximum Gasteiger partial charge on any atom is 0.328 e. The Morgan fingerprint density at radius 3 is 2.56 bits per heavy atom. The van der Waals surface area contributed by atoms with Crippen LogP contribution in [-0.4, -0.2) is 14.1 Å². The molecule has 0 aromatic carbocycles. The van der Waals surface area contributed by atoms with Gasteiger partial charge in [0.15, 0.2) is 0 Å². The first kappa shape index (κ1) is 10.7. The highest BCUT2D eigenvalue weighted by molar-refractivity contribution is 5.10. The van der Waals surface area contributed by atoms with Crippen LogP contribution >= 0.6 is 0 Å². The maximum absolute atomic E-state index is 11.9. The molecule has 0 saturated heterocycles. The van der Waals surface area contributed by atoms with E-state index in [2.05, 4.69) is 11.9 Å². The van der Waals surface area contributed by atoms with Crippen LogP contribution < -0.4 is 5.69 Å². The molecule has 16 heavy (non-hydrogen) atoms. The number of pyridine rings is 1. The van der Waals surface area contributed by atoms with Crippen molar-refractivity contribution in [1.82, 2.24) is 14.1 Å². The fourth-order valence-electron chi connectivity index (χ4n) is 1.67. The highest BCUT2D eigenvalue weighted by Crippen LogP contribution is 1.99. The summed E-state index contributed by atoms with van der Waals surface area (Å²) in [4.78, 5) is 15.8. The molecule has 0 saturated carbocycles. The van der Waals surface area contributed by atoms with E-state index in [9.17, 15) is 4.79 Å². The largest absolute Gasteiger partial charge is 0.328 e. The lowest BCUT2D eigenvalue weighted by Crippen LogP contribution is -2.24. The van der Waals surface area contributed by atoms with Gasteiger partial charge in [-0.2, -0.15) is 0 Å². The number of aromatic nitrogens is 3. The molecule has 0 aliphatic carbocycles. The molecule has 0 aliphatic heterocycles. The molecule has 0 amide bonds. The summed E-state index contributed by atoms with van der Waals surface area (Å²) in [5, 5.41) is 0. The minimum Gasteiger partial charge on any atom is -0.299 e. The van der Waals surface area contributed by atoms with Gasteiger partial charge in [-0.25, -0.2) is 4.79 Å². The molecule has 84 valence electrons. The molecule has 0 aliphatic rings. The topological polar surface area (TPSA) is 39.8 Å². The van der Waals surface area contributed by atoms with E-state index in [1.165, 1.54) is 0 Å². The molecule has 0 unspecified atom stereocenters. The van der Waals surface area contributed by atoms with Crippen LogP contribution in [0.1, 0.15) is 18.9 Å². The third-order valence-electron chi connectivity index (χ3n) is 2.48. The van der Waals surface area contributed by atoms with Crippen molar-refractivity contribution >= 4 is 0 Å². The van der Waals surface area contributed by atoms with Gasteiger partial charge in [-0.3, -0.25) is 14.1 Å². The predicted molar refractivity (Wildman–Crippen MR) is 62.3 cm³/mol. The highest BCUT2D eigenvalue weighted by atomic mass is 16.1. The summed E-state index contributed by atoms with van der Waals surface area (Å²) in [5.41, 5.74) is 1.14. The van der Waals surface area contributed by atoms with Crippen LogP contribution in [-0.2, 0) is 13.1 Å². The Labute approximate surface area is 94.2 Å². The van der Waals surface area contributed by atoms with Crippen molar-refractivity contribution in [2.24, 2.45) is 0 Å². The van der Waals surface area contributed by atoms with Crippen LogP contribution in [0.25, 0.3) is 0 Å². The van der Waals surface area contributed by atoms with Crippen LogP contribution in [0.15, 0.2) is 41.7 Å². The van der Waals surface area contributed by atoms with Gasteiger partial charge in [0.25, 0.3) is 0 Å². The summed E-state index contributed by atoms with van der Waals surface area (Å²) in [6.07, 6.45) is 8.12. The lowest BCUT2D eigenvalue weighted by Gasteiger charge is -2.01. The summed E-state index contributed by atoms with van der Waals surface area (Å²) < 4.78 is 3.45. The molecule has 4 heteroatoms. The molecule has 2 heterocycles. The molecule has 0 bridgehead atoms. The second-order valence-electron chi connectivity index (χ2n) is 3.76. The van der Waals surface area contributed by atoms with E-state index in [0.29, 0.717) is 6.54 Å². The number of hydrogen-bond donors (Lipinski definition) is 0. The van der Waals surface area contributed by atoms with E-state index in [0.717, 1.165) is 18.5 Å². The van der Waals surface area contributed by atoms with E-state index in [1.807, 2.05) is 24.5 Å². The summed E-state index contributed by atoms with van der Waals surface area (Å²) >= 11 is 0. The Morgan fingerprint density at radius 1 is 1.19 bits per heavy atom. The van der Waals surface area contributed by atoms with E-state index >= 15 is 0 Å². The van der Waals surface area contributed by atoms with Crippen molar-refractivity contribution in [3.05, 3.63) is 53.0 Å². The summed E-state index contributed by atoms with van der Waals surface area (Å²) in [7, 11) is 0. The third-order valence-corrected chi connectivity index (χ3v) is 2.48. The second kappa shape index (κ2) is 4.79. The second-order valence-corrected chi connectivity index (χ2v) is 3.76. The quantitative estimate of drug-likeness (QED) is 0.778. The predicted octanol–water partition coefficient (Wildman–Crippen LogP) is 1.50. The fraction of sp³-hybridized carbons (Fsp3) is 0.333. The van der Waals surface area contributed by atoms with Crippen LogP contribution in [0.2, 0.25) is 0 Å². The monoisotopic (exact) mass is 217 g/mol. The molecule has 4 nitrogen and oxygen atoms in total. The number of rotatable bonds is 4. The van der Waals surface area contributed by atoms with Crippen molar-refractivity contribution in [2.75, 3.05) is 0 Å². The van der Waals surface area contributed by atoms with Crippen molar-refractivity contribution in [3.8, 4) is 0 Å². The lowest BCUT2D eigenvalue weighted by molar-refractivity contribution is 0.624. The zero-order valence-corrected chi connectivity index (χ0v) is 9.34. The van der Waals surface area contributed by atoms with Gasteiger partial charge in [-0.15, -0.1) is 0 Å². The van der Waals surface area contributed by atoms with Gasteiger partial charge in [-0.1, -0.05) is 6.92 Å². The number of nitrogens with zero attached hydrogens (tertiary/aromatic N) is 3. The fourth-order valence-corrected chi connectivity index (χ4v) is 1.67. The number of aryl methyl sites for hydroxylation is 1. The maximum atomic E-state index is 11.9. The standard InChI is InChI=1S/C12H15N3O/c1-2-7-14-8-9-15(12(14)16)10-11-3-5-13-6-4-11/h3-6,8-9H,2,7,10H2,1H3. The number of hydrogen-bond acceptors (Lipinski definition) is 2. The van der Waals surface area contributed by atoms with Crippen LogP contribution in [0.4, 0.5) is 0 Å². The Bertz CT molecular complexity index is 498. The molecule has 0 spiro atoms. The molecule has 2 rings (SSSR count). The van der Waals surface area contributed by atoms with Gasteiger partial charge in [0.05, 0.1) is 6.54 Å². The SMILES string of the molecule is CCCn1ccn(Cc2ccncc2)c1=O. The van der Waals surface area contributed by atoms with Gasteiger partial charge in [0, 0.05) is 31.3 Å². The Hall–Kier alpha value is -1.84. The molecule has 0 N–H and O–H groups in total.